The smallest absolute Gasteiger partial charge is 0.417 e. The first-order chi connectivity index (χ1) is 11.8. The molecule has 9 heteroatoms. The van der Waals surface area contributed by atoms with E-state index in [1.54, 1.807) is 12.1 Å². The Morgan fingerprint density at radius 1 is 1.36 bits per heavy atom. The Labute approximate surface area is 147 Å². The van der Waals surface area contributed by atoms with Gasteiger partial charge in [0.25, 0.3) is 0 Å². The predicted octanol–water partition coefficient (Wildman–Crippen LogP) is 4.00. The maximum Gasteiger partial charge on any atom is 0.417 e. The first-order valence-electron chi connectivity index (χ1n) is 7.14. The van der Waals surface area contributed by atoms with Crippen molar-refractivity contribution in [2.75, 3.05) is 25.5 Å². The lowest BCUT2D eigenvalue weighted by Crippen LogP contribution is -2.10. The third-order valence-electron chi connectivity index (χ3n) is 3.17. The fraction of sp³-hybridized carbons (Fsp3) is 0.250. The second kappa shape index (κ2) is 8.06. The number of aliphatic imine (C=N–C) groups is 1. The zero-order valence-electron chi connectivity index (χ0n) is 13.1. The third-order valence-corrected chi connectivity index (χ3v) is 3.46. The number of nitrogens with zero attached hydrogens (tertiary/aromatic N) is 2. The molecule has 0 aliphatic carbocycles. The van der Waals surface area contributed by atoms with Crippen molar-refractivity contribution in [1.82, 2.24) is 4.98 Å². The molecule has 2 aromatic rings. The van der Waals surface area contributed by atoms with Gasteiger partial charge in [0.05, 0.1) is 24.2 Å². The molecule has 0 aliphatic rings. The van der Waals surface area contributed by atoms with Crippen LogP contribution in [-0.4, -0.2) is 36.5 Å². The molecule has 2 N–H and O–H groups in total. The maximum atomic E-state index is 12.5. The van der Waals surface area contributed by atoms with Crippen molar-refractivity contribution in [3.63, 3.8) is 0 Å². The predicted molar refractivity (Wildman–Crippen MR) is 89.9 cm³/mol. The highest BCUT2D eigenvalue weighted by Crippen LogP contribution is 2.32. The number of pyridine rings is 1. The van der Waals surface area contributed by atoms with Crippen molar-refractivity contribution < 1.29 is 23.0 Å². The normalized spacial score (nSPS) is 11.7. The van der Waals surface area contributed by atoms with Crippen LogP contribution in [0, 0.1) is 0 Å². The van der Waals surface area contributed by atoms with E-state index in [0.29, 0.717) is 30.6 Å². The molecule has 0 saturated carbocycles. The molecule has 0 aliphatic heterocycles. The average Bonchev–Trinajstić information content (AvgIpc) is 2.56. The molecular weight excluding hydrogens is 359 g/mol. The molecule has 0 radical (unpaired) electrons. The number of aromatic nitrogens is 1. The molecule has 0 amide bonds. The first-order valence-corrected chi connectivity index (χ1v) is 7.52. The molecule has 1 aromatic carbocycles. The van der Waals surface area contributed by atoms with Gasteiger partial charge in [0, 0.05) is 24.5 Å². The summed E-state index contributed by atoms with van der Waals surface area (Å²) >= 11 is 5.79. The number of nitrogens with one attached hydrogen (secondary N) is 1. The van der Waals surface area contributed by atoms with E-state index in [2.05, 4.69) is 15.3 Å². The van der Waals surface area contributed by atoms with Crippen molar-refractivity contribution in [2.24, 2.45) is 4.99 Å². The SMILES string of the molecule is COc1ccc(O)c(C=NCCNc2ncc(C(F)(F)F)cc2Cl)c1. The van der Waals surface area contributed by atoms with Gasteiger partial charge in [-0.05, 0) is 24.3 Å². The summed E-state index contributed by atoms with van der Waals surface area (Å²) in [5, 5.41) is 12.4. The lowest BCUT2D eigenvalue weighted by atomic mass is 10.2. The molecule has 0 bridgehead atoms. The van der Waals surface area contributed by atoms with Crippen LogP contribution in [0.15, 0.2) is 35.5 Å². The summed E-state index contributed by atoms with van der Waals surface area (Å²) in [5.74, 6) is 0.789. The van der Waals surface area contributed by atoms with E-state index in [4.69, 9.17) is 16.3 Å². The molecule has 5 nitrogen and oxygen atoms in total. The van der Waals surface area contributed by atoms with Gasteiger partial charge >= 0.3 is 6.18 Å². The number of rotatable bonds is 6. The van der Waals surface area contributed by atoms with Gasteiger partial charge in [0.15, 0.2) is 0 Å². The number of alkyl halides is 3. The summed E-state index contributed by atoms with van der Waals surface area (Å²) in [6, 6.07) is 5.55. The van der Waals surface area contributed by atoms with E-state index in [-0.39, 0.29) is 16.6 Å². The van der Waals surface area contributed by atoms with Crippen LogP contribution in [-0.2, 0) is 6.18 Å². The summed E-state index contributed by atoms with van der Waals surface area (Å²) in [6.45, 7) is 0.606. The first kappa shape index (κ1) is 18.9. The zero-order valence-corrected chi connectivity index (χ0v) is 13.9. The van der Waals surface area contributed by atoms with Crippen LogP contribution >= 0.6 is 11.6 Å². The topological polar surface area (TPSA) is 66.7 Å². The van der Waals surface area contributed by atoms with Gasteiger partial charge in [-0.25, -0.2) is 4.98 Å². The summed E-state index contributed by atoms with van der Waals surface area (Å²) in [5.41, 5.74) is -0.417. The summed E-state index contributed by atoms with van der Waals surface area (Å²) in [7, 11) is 1.51. The largest absolute Gasteiger partial charge is 0.507 e. The molecule has 1 aromatic heterocycles. The number of hydrogen-bond acceptors (Lipinski definition) is 5. The van der Waals surface area contributed by atoms with Crippen LogP contribution in [0.25, 0.3) is 0 Å². The maximum absolute atomic E-state index is 12.5. The minimum atomic E-state index is -4.49. The number of hydrogen-bond donors (Lipinski definition) is 2. The van der Waals surface area contributed by atoms with Gasteiger partial charge in [-0.2, -0.15) is 13.2 Å². The number of halogens is 4. The van der Waals surface area contributed by atoms with Crippen LogP contribution in [0.4, 0.5) is 19.0 Å². The molecular formula is C16H15ClF3N3O2. The van der Waals surface area contributed by atoms with Crippen LogP contribution in [0.2, 0.25) is 5.02 Å². The van der Waals surface area contributed by atoms with E-state index in [1.165, 1.54) is 19.4 Å². The number of anilines is 1. The van der Waals surface area contributed by atoms with Gasteiger partial charge in [-0.1, -0.05) is 11.6 Å². The van der Waals surface area contributed by atoms with E-state index in [9.17, 15) is 18.3 Å². The highest BCUT2D eigenvalue weighted by atomic mass is 35.5. The second-order valence-electron chi connectivity index (χ2n) is 4.94. The van der Waals surface area contributed by atoms with Crippen LogP contribution in [0.3, 0.4) is 0 Å². The van der Waals surface area contributed by atoms with Gasteiger partial charge in [-0.3, -0.25) is 4.99 Å². The van der Waals surface area contributed by atoms with Crippen molar-refractivity contribution in [1.29, 1.82) is 0 Å². The summed E-state index contributed by atoms with van der Waals surface area (Å²) < 4.78 is 42.7. The number of aromatic hydroxyl groups is 1. The Hall–Kier alpha value is -2.48. The Balaban J connectivity index is 1.91. The summed E-state index contributed by atoms with van der Waals surface area (Å²) in [6.07, 6.45) is -2.30. The van der Waals surface area contributed by atoms with E-state index < -0.39 is 11.7 Å². The van der Waals surface area contributed by atoms with E-state index in [0.717, 1.165) is 6.07 Å². The van der Waals surface area contributed by atoms with Crippen LogP contribution < -0.4 is 10.1 Å². The van der Waals surface area contributed by atoms with Gasteiger partial charge < -0.3 is 15.2 Å². The third kappa shape index (κ3) is 5.25. The molecule has 0 atom stereocenters. The second-order valence-corrected chi connectivity index (χ2v) is 5.35. The van der Waals surface area contributed by atoms with Gasteiger partial charge in [0.2, 0.25) is 0 Å². The van der Waals surface area contributed by atoms with Crippen molar-refractivity contribution in [3.05, 3.63) is 46.6 Å². The lowest BCUT2D eigenvalue weighted by Gasteiger charge is -2.10. The Kier molecular flexibility index (Phi) is 6.08. The average molecular weight is 374 g/mol. The quantitative estimate of drug-likeness (QED) is 0.593. The Morgan fingerprint density at radius 2 is 2.12 bits per heavy atom. The van der Waals surface area contributed by atoms with Gasteiger partial charge in [-0.15, -0.1) is 0 Å². The highest BCUT2D eigenvalue weighted by Gasteiger charge is 2.31. The number of phenols is 1. The minimum Gasteiger partial charge on any atom is -0.507 e. The molecule has 0 spiro atoms. The van der Waals surface area contributed by atoms with E-state index in [1.807, 2.05) is 0 Å². The molecule has 25 heavy (non-hydrogen) atoms. The fourth-order valence-electron chi connectivity index (χ4n) is 1.89. The number of phenolic OH excluding ortho intramolecular Hbond substituents is 1. The van der Waals surface area contributed by atoms with Crippen LogP contribution in [0.1, 0.15) is 11.1 Å². The molecule has 134 valence electrons. The van der Waals surface area contributed by atoms with Crippen molar-refractivity contribution >= 4 is 23.6 Å². The zero-order chi connectivity index (χ0) is 18.4. The Bertz CT molecular complexity index is 767. The fourth-order valence-corrected chi connectivity index (χ4v) is 2.12. The highest BCUT2D eigenvalue weighted by molar-refractivity contribution is 6.32. The van der Waals surface area contributed by atoms with Crippen molar-refractivity contribution in [3.8, 4) is 11.5 Å². The van der Waals surface area contributed by atoms with E-state index >= 15 is 0 Å². The number of methoxy groups -OCH3 is 1. The molecule has 2 rings (SSSR count). The van der Waals surface area contributed by atoms with Gasteiger partial charge in [0.1, 0.15) is 17.3 Å². The standard InChI is InChI=1S/C16H15ClF3N3O2/c1-25-12-2-3-14(24)10(6-12)8-21-4-5-22-15-13(17)7-11(9-23-15)16(18,19)20/h2-3,6-9,24H,4-5H2,1H3,(H,22,23). The molecule has 0 unspecified atom stereocenters. The van der Waals surface area contributed by atoms with Crippen molar-refractivity contribution in [2.45, 2.75) is 6.18 Å². The minimum absolute atomic E-state index is 0.0601. The monoisotopic (exact) mass is 373 g/mol. The summed E-state index contributed by atoms with van der Waals surface area (Å²) in [4.78, 5) is 7.79. The molecule has 0 fully saturated rings. The Morgan fingerprint density at radius 3 is 2.76 bits per heavy atom. The molecule has 1 heterocycles. The number of benzene rings is 1. The molecule has 0 saturated heterocycles. The number of ether oxygens (including phenoxy) is 1. The van der Waals surface area contributed by atoms with Crippen LogP contribution in [0.5, 0.6) is 11.5 Å². The lowest BCUT2D eigenvalue weighted by molar-refractivity contribution is -0.137.